The molecule has 0 radical (unpaired) electrons. The number of benzene rings is 1. The minimum Gasteiger partial charge on any atom is -0.496 e. The number of ether oxygens (including phenoxy) is 1. The second-order valence-corrected chi connectivity index (χ2v) is 3.59. The van der Waals surface area contributed by atoms with Crippen molar-refractivity contribution in [2.45, 2.75) is 25.1 Å². The number of rotatable bonds is 4. The minimum atomic E-state index is 0.910. The number of aryl methyl sites for hydroxylation is 1. The summed E-state index contributed by atoms with van der Waals surface area (Å²) in [7, 11) is 1.72. The van der Waals surface area contributed by atoms with Gasteiger partial charge in [0.25, 0.3) is 0 Å². The van der Waals surface area contributed by atoms with Gasteiger partial charge in [0.15, 0.2) is 0 Å². The first-order valence-electron chi connectivity index (χ1n) is 4.53. The Hall–Kier alpha value is -0.500. The highest BCUT2D eigenvalue weighted by molar-refractivity contribution is 9.08. The Morgan fingerprint density at radius 2 is 2.15 bits per heavy atom. The van der Waals surface area contributed by atoms with Gasteiger partial charge in [-0.15, -0.1) is 0 Å². The van der Waals surface area contributed by atoms with Gasteiger partial charge in [0.05, 0.1) is 7.11 Å². The number of methoxy groups -OCH3 is 1. The highest BCUT2D eigenvalue weighted by atomic mass is 79.9. The first-order valence-corrected chi connectivity index (χ1v) is 5.65. The molecular weight excluding hydrogens is 228 g/mol. The Kier molecular flexibility index (Phi) is 4.29. The molecule has 1 aromatic carbocycles. The van der Waals surface area contributed by atoms with Gasteiger partial charge in [-0.1, -0.05) is 41.4 Å². The van der Waals surface area contributed by atoms with E-state index in [0.29, 0.717) is 0 Å². The van der Waals surface area contributed by atoms with E-state index in [1.54, 1.807) is 7.11 Å². The van der Waals surface area contributed by atoms with E-state index in [-0.39, 0.29) is 0 Å². The topological polar surface area (TPSA) is 9.23 Å². The van der Waals surface area contributed by atoms with Crippen molar-refractivity contribution in [1.82, 2.24) is 0 Å². The molecule has 0 atom stereocenters. The van der Waals surface area contributed by atoms with Crippen molar-refractivity contribution in [3.05, 3.63) is 29.3 Å². The Morgan fingerprint density at radius 3 is 2.69 bits per heavy atom. The molecule has 0 bridgehead atoms. The zero-order valence-corrected chi connectivity index (χ0v) is 9.73. The lowest BCUT2D eigenvalue weighted by Gasteiger charge is -2.08. The lowest BCUT2D eigenvalue weighted by atomic mass is 10.1. The number of alkyl halides is 1. The van der Waals surface area contributed by atoms with Gasteiger partial charge in [-0.3, -0.25) is 0 Å². The molecule has 0 amide bonds. The van der Waals surface area contributed by atoms with Crippen LogP contribution in [0.25, 0.3) is 0 Å². The van der Waals surface area contributed by atoms with Gasteiger partial charge in [0.2, 0.25) is 0 Å². The average molecular weight is 243 g/mol. The molecule has 0 unspecified atom stereocenters. The molecule has 0 heterocycles. The summed E-state index contributed by atoms with van der Waals surface area (Å²) in [5, 5.41) is 0.910. The van der Waals surface area contributed by atoms with Crippen LogP contribution in [0.15, 0.2) is 18.2 Å². The van der Waals surface area contributed by atoms with Crippen LogP contribution in [0, 0.1) is 0 Å². The van der Waals surface area contributed by atoms with Crippen molar-refractivity contribution < 1.29 is 4.74 Å². The maximum atomic E-state index is 5.28. The van der Waals surface area contributed by atoms with Crippen molar-refractivity contribution in [3.63, 3.8) is 0 Å². The molecule has 0 aliphatic rings. The molecular formula is C11H15BrO. The number of hydrogen-bond acceptors (Lipinski definition) is 1. The fourth-order valence-electron chi connectivity index (χ4n) is 1.38. The lowest BCUT2D eigenvalue weighted by molar-refractivity contribution is 0.409. The monoisotopic (exact) mass is 242 g/mol. The lowest BCUT2D eigenvalue weighted by Crippen LogP contribution is -1.93. The Morgan fingerprint density at radius 1 is 1.38 bits per heavy atom. The SMILES string of the molecule is CCCc1cc(CBr)ccc1OC. The third kappa shape index (κ3) is 2.73. The van der Waals surface area contributed by atoms with Crippen molar-refractivity contribution in [2.24, 2.45) is 0 Å². The summed E-state index contributed by atoms with van der Waals surface area (Å²) in [5.74, 6) is 1.01. The zero-order valence-electron chi connectivity index (χ0n) is 8.14. The van der Waals surface area contributed by atoms with Crippen LogP contribution in [0.3, 0.4) is 0 Å². The summed E-state index contributed by atoms with van der Waals surface area (Å²) in [6.45, 7) is 2.18. The van der Waals surface area contributed by atoms with Gasteiger partial charge < -0.3 is 4.74 Å². The van der Waals surface area contributed by atoms with Crippen LogP contribution in [0.2, 0.25) is 0 Å². The van der Waals surface area contributed by atoms with Crippen molar-refractivity contribution in [3.8, 4) is 5.75 Å². The molecule has 13 heavy (non-hydrogen) atoms. The molecule has 0 saturated carbocycles. The van der Waals surface area contributed by atoms with Gasteiger partial charge in [0.1, 0.15) is 5.75 Å². The van der Waals surface area contributed by atoms with E-state index >= 15 is 0 Å². The highest BCUT2D eigenvalue weighted by Gasteiger charge is 2.02. The van der Waals surface area contributed by atoms with Crippen LogP contribution in [-0.2, 0) is 11.8 Å². The van der Waals surface area contributed by atoms with Crippen molar-refractivity contribution >= 4 is 15.9 Å². The summed E-state index contributed by atoms with van der Waals surface area (Å²) in [4.78, 5) is 0. The summed E-state index contributed by atoms with van der Waals surface area (Å²) in [6, 6.07) is 6.34. The summed E-state index contributed by atoms with van der Waals surface area (Å²) >= 11 is 3.45. The van der Waals surface area contributed by atoms with Gasteiger partial charge in [0, 0.05) is 5.33 Å². The Labute approximate surface area is 88.2 Å². The molecule has 0 aromatic heterocycles. The molecule has 1 aromatic rings. The van der Waals surface area contributed by atoms with Crippen LogP contribution >= 0.6 is 15.9 Å². The number of hydrogen-bond donors (Lipinski definition) is 0. The van der Waals surface area contributed by atoms with Gasteiger partial charge >= 0.3 is 0 Å². The quantitative estimate of drug-likeness (QED) is 0.735. The molecule has 2 heteroatoms. The van der Waals surface area contributed by atoms with Crippen molar-refractivity contribution in [1.29, 1.82) is 0 Å². The van der Waals surface area contributed by atoms with E-state index < -0.39 is 0 Å². The van der Waals surface area contributed by atoms with Gasteiger partial charge in [-0.05, 0) is 23.6 Å². The van der Waals surface area contributed by atoms with Crippen LogP contribution in [0.1, 0.15) is 24.5 Å². The predicted molar refractivity (Wildman–Crippen MR) is 59.6 cm³/mol. The third-order valence-electron chi connectivity index (χ3n) is 2.02. The van der Waals surface area contributed by atoms with Crippen LogP contribution in [-0.4, -0.2) is 7.11 Å². The fraction of sp³-hybridized carbons (Fsp3) is 0.455. The van der Waals surface area contributed by atoms with E-state index in [1.807, 2.05) is 6.07 Å². The van der Waals surface area contributed by atoms with Crippen LogP contribution in [0.4, 0.5) is 0 Å². The molecule has 0 N–H and O–H groups in total. The molecule has 0 saturated heterocycles. The van der Waals surface area contributed by atoms with Crippen molar-refractivity contribution in [2.75, 3.05) is 7.11 Å². The van der Waals surface area contributed by atoms with E-state index in [4.69, 9.17) is 4.74 Å². The summed E-state index contributed by atoms with van der Waals surface area (Å²) in [6.07, 6.45) is 2.24. The average Bonchev–Trinajstić information content (AvgIpc) is 2.18. The maximum absolute atomic E-state index is 5.28. The van der Waals surface area contributed by atoms with E-state index in [9.17, 15) is 0 Å². The third-order valence-corrected chi connectivity index (χ3v) is 2.67. The van der Waals surface area contributed by atoms with Crippen LogP contribution in [0.5, 0.6) is 5.75 Å². The molecule has 0 aliphatic carbocycles. The second kappa shape index (κ2) is 5.28. The van der Waals surface area contributed by atoms with Gasteiger partial charge in [-0.25, -0.2) is 0 Å². The fourth-order valence-corrected chi connectivity index (χ4v) is 1.73. The summed E-state index contributed by atoms with van der Waals surface area (Å²) in [5.41, 5.74) is 2.62. The minimum absolute atomic E-state index is 0.910. The molecule has 1 nitrogen and oxygen atoms in total. The number of halogens is 1. The first-order chi connectivity index (χ1) is 6.31. The summed E-state index contributed by atoms with van der Waals surface area (Å²) < 4.78 is 5.28. The van der Waals surface area contributed by atoms with E-state index in [1.165, 1.54) is 11.1 Å². The zero-order chi connectivity index (χ0) is 9.68. The maximum Gasteiger partial charge on any atom is 0.122 e. The molecule has 0 spiro atoms. The molecule has 1 rings (SSSR count). The molecule has 0 aliphatic heterocycles. The molecule has 0 fully saturated rings. The van der Waals surface area contributed by atoms with Gasteiger partial charge in [-0.2, -0.15) is 0 Å². The molecule has 72 valence electrons. The van der Waals surface area contributed by atoms with E-state index in [0.717, 1.165) is 23.9 Å². The predicted octanol–water partition coefficient (Wildman–Crippen LogP) is 3.54. The first kappa shape index (κ1) is 10.6. The standard InChI is InChI=1S/C11H15BrO/c1-3-4-10-7-9(8-12)5-6-11(10)13-2/h5-7H,3-4,8H2,1-2H3. The second-order valence-electron chi connectivity index (χ2n) is 3.03. The Bertz CT molecular complexity index is 271. The smallest absolute Gasteiger partial charge is 0.122 e. The Balaban J connectivity index is 2.95. The van der Waals surface area contributed by atoms with Crippen LogP contribution < -0.4 is 4.74 Å². The van der Waals surface area contributed by atoms with E-state index in [2.05, 4.69) is 35.0 Å². The normalized spacial score (nSPS) is 10.1. The highest BCUT2D eigenvalue weighted by Crippen LogP contribution is 2.22. The largest absolute Gasteiger partial charge is 0.496 e.